The van der Waals surface area contributed by atoms with Gasteiger partial charge >= 0.3 is 7.12 Å². The lowest BCUT2D eigenvalue weighted by atomic mass is 9.79. The van der Waals surface area contributed by atoms with Crippen LogP contribution in [0.2, 0.25) is 0 Å². The second-order valence-corrected chi connectivity index (χ2v) is 4.55. The molecule has 3 nitrogen and oxygen atoms in total. The number of hydrogen-bond acceptors (Lipinski definition) is 3. The first-order valence-corrected chi connectivity index (χ1v) is 5.92. The van der Waals surface area contributed by atoms with Crippen LogP contribution in [-0.4, -0.2) is 18.2 Å². The van der Waals surface area contributed by atoms with E-state index in [4.69, 9.17) is 9.39 Å². The Labute approximate surface area is 95.5 Å². The van der Waals surface area contributed by atoms with Crippen LogP contribution >= 0.6 is 0 Å². The molecule has 0 spiro atoms. The molecule has 1 aliphatic heterocycles. The van der Waals surface area contributed by atoms with Gasteiger partial charge in [-0.15, -0.1) is 0 Å². The standard InChI is InChI=1S/C12H15BO3/c14-13-12-7-11(6-5-9(12)8-15-13)16-10-3-1-2-4-10/h5-7,10,14H,1-4,8H2. The second kappa shape index (κ2) is 4.11. The van der Waals surface area contributed by atoms with Gasteiger partial charge in [0.15, 0.2) is 0 Å². The van der Waals surface area contributed by atoms with Crippen molar-refractivity contribution in [3.63, 3.8) is 0 Å². The highest BCUT2D eigenvalue weighted by Crippen LogP contribution is 2.24. The summed E-state index contributed by atoms with van der Waals surface area (Å²) in [5.74, 6) is 0.857. The van der Waals surface area contributed by atoms with Crippen LogP contribution in [0.4, 0.5) is 0 Å². The lowest BCUT2D eigenvalue weighted by Crippen LogP contribution is -2.28. The Hall–Kier alpha value is -0.995. The SMILES string of the molecule is OB1OCc2ccc(OC3CCCC3)cc21. The molecule has 2 aliphatic rings. The van der Waals surface area contributed by atoms with Gasteiger partial charge < -0.3 is 14.4 Å². The average molecular weight is 218 g/mol. The number of benzene rings is 1. The van der Waals surface area contributed by atoms with E-state index in [9.17, 15) is 5.02 Å². The predicted molar refractivity (Wildman–Crippen MR) is 61.7 cm³/mol. The van der Waals surface area contributed by atoms with E-state index in [1.54, 1.807) is 0 Å². The molecule has 1 aromatic carbocycles. The van der Waals surface area contributed by atoms with Gasteiger partial charge in [-0.25, -0.2) is 0 Å². The van der Waals surface area contributed by atoms with Crippen LogP contribution in [0, 0.1) is 0 Å². The van der Waals surface area contributed by atoms with E-state index in [1.165, 1.54) is 12.8 Å². The first-order chi connectivity index (χ1) is 7.83. The maximum Gasteiger partial charge on any atom is 0.491 e. The quantitative estimate of drug-likeness (QED) is 0.758. The van der Waals surface area contributed by atoms with Crippen molar-refractivity contribution in [1.82, 2.24) is 0 Å². The zero-order valence-electron chi connectivity index (χ0n) is 9.19. The highest BCUT2D eigenvalue weighted by Gasteiger charge is 2.28. The molecule has 1 aromatic rings. The van der Waals surface area contributed by atoms with Gasteiger partial charge in [0.2, 0.25) is 0 Å². The molecule has 84 valence electrons. The highest BCUT2D eigenvalue weighted by molar-refractivity contribution is 6.61. The highest BCUT2D eigenvalue weighted by atomic mass is 16.5. The topological polar surface area (TPSA) is 38.7 Å². The zero-order valence-corrected chi connectivity index (χ0v) is 9.19. The van der Waals surface area contributed by atoms with Gasteiger partial charge in [-0.2, -0.15) is 0 Å². The fourth-order valence-corrected chi connectivity index (χ4v) is 2.46. The lowest BCUT2D eigenvalue weighted by molar-refractivity contribution is 0.210. The van der Waals surface area contributed by atoms with E-state index in [0.29, 0.717) is 12.7 Å². The molecule has 1 heterocycles. The van der Waals surface area contributed by atoms with E-state index < -0.39 is 7.12 Å². The Balaban J connectivity index is 1.78. The Morgan fingerprint density at radius 1 is 1.31 bits per heavy atom. The molecule has 1 aliphatic carbocycles. The summed E-state index contributed by atoms with van der Waals surface area (Å²) in [6, 6.07) is 5.86. The van der Waals surface area contributed by atoms with Crippen molar-refractivity contribution >= 4 is 12.6 Å². The number of rotatable bonds is 2. The molecule has 0 saturated heterocycles. The van der Waals surface area contributed by atoms with Crippen LogP contribution in [0.3, 0.4) is 0 Å². The van der Waals surface area contributed by atoms with E-state index >= 15 is 0 Å². The molecule has 0 radical (unpaired) electrons. The Morgan fingerprint density at radius 3 is 2.94 bits per heavy atom. The normalized spacial score (nSPS) is 20.2. The van der Waals surface area contributed by atoms with Gasteiger partial charge in [0.1, 0.15) is 5.75 Å². The summed E-state index contributed by atoms with van der Waals surface area (Å²) in [5.41, 5.74) is 1.92. The van der Waals surface area contributed by atoms with E-state index in [2.05, 4.69) is 0 Å². The van der Waals surface area contributed by atoms with Gasteiger partial charge in [-0.3, -0.25) is 0 Å². The number of fused-ring (bicyclic) bond motifs is 1. The van der Waals surface area contributed by atoms with Gasteiger partial charge in [-0.1, -0.05) is 6.07 Å². The summed E-state index contributed by atoms with van der Waals surface area (Å²) < 4.78 is 11.0. The molecule has 0 amide bonds. The molecule has 1 saturated carbocycles. The van der Waals surface area contributed by atoms with Gasteiger partial charge in [-0.05, 0) is 48.8 Å². The smallest absolute Gasteiger partial charge is 0.490 e. The zero-order chi connectivity index (χ0) is 11.0. The summed E-state index contributed by atoms with van der Waals surface area (Å²) in [7, 11) is -0.776. The van der Waals surface area contributed by atoms with Crippen LogP contribution in [0.5, 0.6) is 5.75 Å². The Bertz CT molecular complexity index is 388. The lowest BCUT2D eigenvalue weighted by Gasteiger charge is -2.13. The molecular weight excluding hydrogens is 203 g/mol. The minimum Gasteiger partial charge on any atom is -0.490 e. The predicted octanol–water partition coefficient (Wildman–Crippen LogP) is 1.23. The summed E-state index contributed by atoms with van der Waals surface area (Å²) in [6.07, 6.45) is 5.19. The third-order valence-corrected chi connectivity index (χ3v) is 3.39. The maximum atomic E-state index is 9.59. The summed E-state index contributed by atoms with van der Waals surface area (Å²) >= 11 is 0. The van der Waals surface area contributed by atoms with Crippen LogP contribution < -0.4 is 10.2 Å². The van der Waals surface area contributed by atoms with E-state index in [0.717, 1.165) is 29.6 Å². The van der Waals surface area contributed by atoms with Gasteiger partial charge in [0, 0.05) is 0 Å². The Morgan fingerprint density at radius 2 is 2.12 bits per heavy atom. The van der Waals surface area contributed by atoms with Crippen LogP contribution in [0.1, 0.15) is 31.2 Å². The molecule has 1 fully saturated rings. The summed E-state index contributed by atoms with van der Waals surface area (Å²) in [6.45, 7) is 0.500. The van der Waals surface area contributed by atoms with E-state index in [-0.39, 0.29) is 0 Å². The molecule has 4 heteroatoms. The Kier molecular flexibility index (Phi) is 2.61. The second-order valence-electron chi connectivity index (χ2n) is 4.55. The molecule has 1 N–H and O–H groups in total. The number of ether oxygens (including phenoxy) is 1. The van der Waals surface area contributed by atoms with Crippen molar-refractivity contribution in [3.05, 3.63) is 23.8 Å². The third kappa shape index (κ3) is 1.83. The van der Waals surface area contributed by atoms with Crippen molar-refractivity contribution in [3.8, 4) is 5.75 Å². The molecule has 16 heavy (non-hydrogen) atoms. The van der Waals surface area contributed by atoms with Crippen molar-refractivity contribution in [2.75, 3.05) is 0 Å². The van der Waals surface area contributed by atoms with Gasteiger partial charge in [0.25, 0.3) is 0 Å². The van der Waals surface area contributed by atoms with Gasteiger partial charge in [0.05, 0.1) is 12.7 Å². The minimum atomic E-state index is -0.776. The van der Waals surface area contributed by atoms with Crippen molar-refractivity contribution in [2.24, 2.45) is 0 Å². The minimum absolute atomic E-state index is 0.359. The molecule has 3 rings (SSSR count). The maximum absolute atomic E-state index is 9.59. The first-order valence-electron chi connectivity index (χ1n) is 5.92. The largest absolute Gasteiger partial charge is 0.491 e. The molecule has 0 bridgehead atoms. The fraction of sp³-hybridized carbons (Fsp3) is 0.500. The van der Waals surface area contributed by atoms with Crippen LogP contribution in [0.15, 0.2) is 18.2 Å². The molecule has 0 aromatic heterocycles. The van der Waals surface area contributed by atoms with Crippen LogP contribution in [-0.2, 0) is 11.3 Å². The van der Waals surface area contributed by atoms with Crippen molar-refractivity contribution in [2.45, 2.75) is 38.4 Å². The van der Waals surface area contributed by atoms with Crippen molar-refractivity contribution in [1.29, 1.82) is 0 Å². The summed E-state index contributed by atoms with van der Waals surface area (Å²) in [4.78, 5) is 0. The monoisotopic (exact) mass is 218 g/mol. The summed E-state index contributed by atoms with van der Waals surface area (Å²) in [5, 5.41) is 9.59. The number of hydrogen-bond donors (Lipinski definition) is 1. The third-order valence-electron chi connectivity index (χ3n) is 3.39. The fourth-order valence-electron chi connectivity index (χ4n) is 2.46. The van der Waals surface area contributed by atoms with Crippen LogP contribution in [0.25, 0.3) is 0 Å². The first kappa shape index (κ1) is 10.2. The molecule has 0 atom stereocenters. The average Bonchev–Trinajstić information content (AvgIpc) is 2.90. The molecule has 0 unspecified atom stereocenters. The van der Waals surface area contributed by atoms with E-state index in [1.807, 2.05) is 18.2 Å². The van der Waals surface area contributed by atoms with Crippen molar-refractivity contribution < 1.29 is 14.4 Å². The molecular formula is C12H15BO3.